The summed E-state index contributed by atoms with van der Waals surface area (Å²) in [4.78, 5) is -2.18. The molecule has 0 atom stereocenters. The Hall–Kier alpha value is -5.51. The summed E-state index contributed by atoms with van der Waals surface area (Å²) < 4.78 is 108. The number of nitrogens with zero attached hydrogens (tertiary/aromatic N) is 4. The Morgan fingerprint density at radius 3 is 1.89 bits per heavy atom. The van der Waals surface area contributed by atoms with Gasteiger partial charge in [0.15, 0.2) is 5.75 Å². The summed E-state index contributed by atoms with van der Waals surface area (Å²) in [7, 11) is -13.5. The van der Waals surface area contributed by atoms with Gasteiger partial charge in [-0.25, -0.2) is 0 Å². The molecule has 6 rings (SSSR count). The molecule has 0 amide bonds. The number of ether oxygens (including phenoxy) is 1. The number of hydrogen-bond acceptors (Lipinski definition) is 14. The number of para-hydroxylation sites is 1. The van der Waals surface area contributed by atoms with Gasteiger partial charge in [0.25, 0.3) is 30.4 Å². The first-order valence-corrected chi connectivity index (χ1v) is 19.1. The fourth-order valence-corrected chi connectivity index (χ4v) is 7.38. The Labute approximate surface area is 317 Å². The van der Waals surface area contributed by atoms with Gasteiger partial charge in [-0.2, -0.15) is 30.4 Å². The van der Waals surface area contributed by atoms with Crippen molar-refractivity contribution in [2.75, 3.05) is 12.4 Å². The summed E-state index contributed by atoms with van der Waals surface area (Å²) in [6, 6.07) is 22.3. The Kier molecular flexibility index (Phi) is 11.1. The maximum Gasteiger partial charge on any atom is 0.296 e. The molecule has 0 bridgehead atoms. The summed E-state index contributed by atoms with van der Waals surface area (Å²) in [5.41, 5.74) is -0.127. The molecular formula is C33H25CuN5O12S3. The van der Waals surface area contributed by atoms with Crippen LogP contribution in [-0.2, 0) is 47.4 Å². The molecule has 17 nitrogen and oxygen atoms in total. The second-order valence-corrected chi connectivity index (χ2v) is 15.3. The van der Waals surface area contributed by atoms with Crippen molar-refractivity contribution in [1.29, 1.82) is 0 Å². The van der Waals surface area contributed by atoms with Gasteiger partial charge in [-0.15, -0.1) is 15.3 Å². The number of benzene rings is 6. The first-order chi connectivity index (χ1) is 24.9. The Morgan fingerprint density at radius 1 is 0.574 bits per heavy atom. The van der Waals surface area contributed by atoms with E-state index in [4.69, 9.17) is 4.74 Å². The van der Waals surface area contributed by atoms with Gasteiger partial charge < -0.3 is 20.3 Å². The third kappa shape index (κ3) is 8.33. The number of methoxy groups -OCH3 is 1. The number of nitrogens with one attached hydrogen (secondary N) is 1. The van der Waals surface area contributed by atoms with Crippen LogP contribution in [0.25, 0.3) is 21.5 Å². The largest absolute Gasteiger partial charge is 0.506 e. The molecule has 0 spiro atoms. The van der Waals surface area contributed by atoms with E-state index in [-0.39, 0.29) is 61.4 Å². The molecule has 0 aliphatic carbocycles. The third-order valence-corrected chi connectivity index (χ3v) is 10.3. The number of azo groups is 2. The number of anilines is 2. The van der Waals surface area contributed by atoms with Crippen molar-refractivity contribution in [1.82, 2.24) is 0 Å². The average molecular weight is 843 g/mol. The van der Waals surface area contributed by atoms with Crippen LogP contribution in [0.15, 0.2) is 132 Å². The van der Waals surface area contributed by atoms with Crippen LogP contribution < -0.4 is 10.1 Å². The van der Waals surface area contributed by atoms with Crippen LogP contribution in [0.1, 0.15) is 0 Å². The van der Waals surface area contributed by atoms with Gasteiger partial charge in [-0.3, -0.25) is 13.7 Å². The molecule has 0 saturated carbocycles. The van der Waals surface area contributed by atoms with Crippen LogP contribution in [0.5, 0.6) is 17.2 Å². The topological polar surface area (TPSA) is 274 Å². The quantitative estimate of drug-likeness (QED) is 0.0438. The normalized spacial score (nSPS) is 12.4. The minimum atomic E-state index is -4.97. The number of phenols is 2. The van der Waals surface area contributed by atoms with Crippen LogP contribution in [0.4, 0.5) is 34.1 Å². The van der Waals surface area contributed by atoms with Gasteiger partial charge in [-0.1, -0.05) is 30.3 Å². The Morgan fingerprint density at radius 2 is 1.24 bits per heavy atom. The molecular weight excluding hydrogens is 818 g/mol. The Balaban J connectivity index is 0.00000561. The summed E-state index contributed by atoms with van der Waals surface area (Å²) in [6.07, 6.45) is 0. The molecule has 0 unspecified atom stereocenters. The number of phenolic OH excluding ortho intramolecular Hbond substituents is 2. The molecule has 0 aliphatic heterocycles. The molecule has 1 radical (unpaired) electrons. The predicted octanol–water partition coefficient (Wildman–Crippen LogP) is 7.72. The zero-order valence-corrected chi connectivity index (χ0v) is 30.5. The number of aromatic hydroxyl groups is 2. The van der Waals surface area contributed by atoms with Crippen LogP contribution in [0, 0.1) is 0 Å². The van der Waals surface area contributed by atoms with E-state index in [0.717, 1.165) is 42.1 Å². The fraction of sp³-hybridized carbons (Fsp3) is 0.0303. The number of fused-ring (bicyclic) bond motifs is 2. The molecule has 283 valence electrons. The van der Waals surface area contributed by atoms with Crippen molar-refractivity contribution in [3.8, 4) is 17.2 Å². The van der Waals surface area contributed by atoms with Crippen molar-refractivity contribution in [2.24, 2.45) is 20.5 Å². The van der Waals surface area contributed by atoms with Crippen molar-refractivity contribution in [3.63, 3.8) is 0 Å². The molecule has 54 heavy (non-hydrogen) atoms. The van der Waals surface area contributed by atoms with E-state index in [9.17, 15) is 49.1 Å². The second kappa shape index (κ2) is 15.1. The number of hydrogen-bond donors (Lipinski definition) is 6. The fourth-order valence-electron chi connectivity index (χ4n) is 5.30. The van der Waals surface area contributed by atoms with E-state index in [0.29, 0.717) is 5.69 Å². The minimum absolute atomic E-state index is 0. The molecule has 6 aromatic carbocycles. The zero-order chi connectivity index (χ0) is 38.3. The van der Waals surface area contributed by atoms with E-state index in [1.807, 2.05) is 30.3 Å². The molecule has 6 aromatic rings. The first kappa shape index (κ1) is 39.7. The molecule has 21 heteroatoms. The summed E-state index contributed by atoms with van der Waals surface area (Å²) in [6.45, 7) is 0. The van der Waals surface area contributed by atoms with Crippen molar-refractivity contribution < 1.29 is 70.9 Å². The van der Waals surface area contributed by atoms with Crippen LogP contribution in [-0.4, -0.2) is 56.2 Å². The van der Waals surface area contributed by atoms with Gasteiger partial charge in [-0.05, 0) is 60.0 Å². The SMILES string of the molecule is COc1cc(N=Nc2c(S(=O)(=O)O)cc3cc(Nc4ccccc4)ccc3c2O)c(O)cc1N=Nc1cc(S(=O)(=O)O)c2cccc(S(=O)(=O)O)c2c1.[Cu]. The molecule has 6 N–H and O–H groups in total. The van der Waals surface area contributed by atoms with Crippen LogP contribution in [0.3, 0.4) is 0 Å². The van der Waals surface area contributed by atoms with Crippen LogP contribution >= 0.6 is 0 Å². The van der Waals surface area contributed by atoms with E-state index in [2.05, 4.69) is 25.8 Å². The van der Waals surface area contributed by atoms with Gasteiger partial charge in [0.1, 0.15) is 43.2 Å². The third-order valence-electron chi connectivity index (χ3n) is 7.66. The zero-order valence-electron chi connectivity index (χ0n) is 27.1. The molecule has 0 fully saturated rings. The summed E-state index contributed by atoms with van der Waals surface area (Å²) in [5.74, 6) is -1.36. The predicted molar refractivity (Wildman–Crippen MR) is 192 cm³/mol. The summed E-state index contributed by atoms with van der Waals surface area (Å²) >= 11 is 0. The van der Waals surface area contributed by atoms with E-state index in [1.165, 1.54) is 25.3 Å². The summed E-state index contributed by atoms with van der Waals surface area (Å²) in [5, 5.41) is 40.4. The minimum Gasteiger partial charge on any atom is -0.506 e. The van der Waals surface area contributed by atoms with E-state index >= 15 is 0 Å². The second-order valence-electron chi connectivity index (χ2n) is 11.1. The van der Waals surface area contributed by atoms with Gasteiger partial charge in [0.05, 0.1) is 12.8 Å². The molecule has 0 aliphatic rings. The van der Waals surface area contributed by atoms with Gasteiger partial charge in [0, 0.05) is 56.7 Å². The Bertz CT molecular complexity index is 2860. The number of rotatable bonds is 10. The van der Waals surface area contributed by atoms with E-state index < -0.39 is 62.2 Å². The average Bonchev–Trinajstić information content (AvgIpc) is 3.09. The van der Waals surface area contributed by atoms with Gasteiger partial charge >= 0.3 is 0 Å². The first-order valence-electron chi connectivity index (χ1n) is 14.8. The molecule has 0 aromatic heterocycles. The van der Waals surface area contributed by atoms with Gasteiger partial charge in [0.2, 0.25) is 0 Å². The maximum atomic E-state index is 12.4. The molecule has 0 heterocycles. The van der Waals surface area contributed by atoms with Crippen LogP contribution in [0.2, 0.25) is 0 Å². The maximum absolute atomic E-state index is 12.4. The smallest absolute Gasteiger partial charge is 0.296 e. The standard InChI is InChI=1S/C33H25N5O12S3.Cu/c1-50-28-17-25(27(39)16-26(28)37-35-21-14-24-23(30(15-21)52(44,45)46)8-5-9-29(24)51(41,42)43)36-38-32-31(53(47,48)49)13-18-12-20(10-11-22(18)33(32)40)34-19-6-3-2-4-7-19;/h2-17,34,39-40H,1H3,(H,41,42,43)(H,44,45,46)(H,47,48,49);. The monoisotopic (exact) mass is 842 g/mol. The van der Waals surface area contributed by atoms with Crippen molar-refractivity contribution >= 4 is 86.0 Å². The van der Waals surface area contributed by atoms with Crippen molar-refractivity contribution in [2.45, 2.75) is 14.7 Å². The van der Waals surface area contributed by atoms with E-state index in [1.54, 1.807) is 12.1 Å². The molecule has 0 saturated heterocycles. The van der Waals surface area contributed by atoms with Crippen molar-refractivity contribution in [3.05, 3.63) is 97.1 Å².